The van der Waals surface area contributed by atoms with E-state index in [9.17, 15) is 13.2 Å². The van der Waals surface area contributed by atoms with Gasteiger partial charge in [-0.25, -0.2) is 15.1 Å². The normalized spacial score (nSPS) is 19.5. The highest BCUT2D eigenvalue weighted by molar-refractivity contribution is 7.84. The van der Waals surface area contributed by atoms with Crippen molar-refractivity contribution < 1.29 is 21.8 Å². The second-order valence-corrected chi connectivity index (χ2v) is 9.50. The molecule has 0 radical (unpaired) electrons. The summed E-state index contributed by atoms with van der Waals surface area (Å²) in [5, 5.41) is 12.8. The molecule has 1 aliphatic rings. The number of nitrogens with zero attached hydrogens (tertiary/aromatic N) is 4. The number of anilines is 1. The first kappa shape index (κ1) is 23.4. The minimum atomic E-state index is -3.96. The number of rotatable bonds is 9. The van der Waals surface area contributed by atoms with Crippen LogP contribution in [0.25, 0.3) is 0 Å². The van der Waals surface area contributed by atoms with E-state index in [1.54, 1.807) is 29.1 Å². The standard InChI is InChI=1S/C20H23ClN6O5S/c1-12(17-4-5-18(21)32-17)27-7-6-16(26-27)19(28)15-9-23-11-24-20(15)25-14-3-2-13(8-14)10-31-33(22,29)30/h4-7,9,11-14H,2-3,8,10H2,1H3,(H2,22,29,30)(H,23,24,25). The largest absolute Gasteiger partial charge is 0.447 e. The SMILES string of the molecule is CC(c1ccc(Cl)o1)n1ccc(C(=O)c2cncnc2NC2CCC(COS(N)(=O)=O)C2)n1. The van der Waals surface area contributed by atoms with Crippen LogP contribution >= 0.6 is 11.6 Å². The number of carbonyl (C=O) groups excluding carboxylic acids is 1. The minimum absolute atomic E-state index is 0.00168. The number of furan rings is 1. The van der Waals surface area contributed by atoms with Crippen molar-refractivity contribution in [1.82, 2.24) is 19.7 Å². The lowest BCUT2D eigenvalue weighted by molar-refractivity contribution is 0.103. The van der Waals surface area contributed by atoms with Crippen LogP contribution in [0.1, 0.15) is 54.0 Å². The Bertz CT molecular complexity index is 1240. The number of carbonyl (C=O) groups is 1. The maximum atomic E-state index is 13.2. The molecule has 3 heterocycles. The van der Waals surface area contributed by atoms with Gasteiger partial charge in [0.15, 0.2) is 5.22 Å². The molecule has 0 amide bonds. The fourth-order valence-corrected chi connectivity index (χ4v) is 4.38. The van der Waals surface area contributed by atoms with Gasteiger partial charge in [-0.05, 0) is 61.9 Å². The smallest absolute Gasteiger partial charge is 0.333 e. The average molecular weight is 495 g/mol. The Kier molecular flexibility index (Phi) is 6.79. The Balaban J connectivity index is 1.44. The van der Waals surface area contributed by atoms with E-state index in [0.29, 0.717) is 23.6 Å². The van der Waals surface area contributed by atoms with Gasteiger partial charge in [0.05, 0.1) is 12.2 Å². The van der Waals surface area contributed by atoms with E-state index in [1.807, 2.05) is 6.92 Å². The van der Waals surface area contributed by atoms with E-state index in [2.05, 4.69) is 20.4 Å². The molecule has 0 aromatic carbocycles. The van der Waals surface area contributed by atoms with Crippen molar-refractivity contribution in [2.24, 2.45) is 11.1 Å². The third kappa shape index (κ3) is 5.77. The van der Waals surface area contributed by atoms with E-state index in [-0.39, 0.29) is 41.3 Å². The molecule has 1 saturated carbocycles. The molecule has 0 aliphatic heterocycles. The zero-order chi connectivity index (χ0) is 23.6. The molecular weight excluding hydrogens is 472 g/mol. The summed E-state index contributed by atoms with van der Waals surface area (Å²) in [6.45, 7) is 1.91. The van der Waals surface area contributed by atoms with E-state index >= 15 is 0 Å². The number of halogens is 1. The lowest BCUT2D eigenvalue weighted by Gasteiger charge is -2.15. The second kappa shape index (κ2) is 9.59. The van der Waals surface area contributed by atoms with Gasteiger partial charge in [-0.15, -0.1) is 0 Å². The first-order chi connectivity index (χ1) is 15.7. The summed E-state index contributed by atoms with van der Waals surface area (Å²) in [6.07, 6.45) is 6.69. The molecule has 176 valence electrons. The first-order valence-corrected chi connectivity index (χ1v) is 12.1. The van der Waals surface area contributed by atoms with Crippen LogP contribution < -0.4 is 10.5 Å². The molecular formula is C20H23ClN6O5S. The quantitative estimate of drug-likeness (QED) is 0.426. The van der Waals surface area contributed by atoms with Gasteiger partial charge in [0.1, 0.15) is 29.6 Å². The summed E-state index contributed by atoms with van der Waals surface area (Å²) in [5.41, 5.74) is 0.531. The maximum absolute atomic E-state index is 13.2. The van der Waals surface area contributed by atoms with Crippen LogP contribution in [0.3, 0.4) is 0 Å². The number of ketones is 1. The van der Waals surface area contributed by atoms with Gasteiger partial charge in [-0.2, -0.15) is 13.5 Å². The van der Waals surface area contributed by atoms with Crippen molar-refractivity contribution in [3.63, 3.8) is 0 Å². The summed E-state index contributed by atoms with van der Waals surface area (Å²) in [7, 11) is -3.96. The summed E-state index contributed by atoms with van der Waals surface area (Å²) in [6, 6.07) is 4.78. The molecule has 1 fully saturated rings. The molecule has 0 bridgehead atoms. The molecule has 3 N–H and O–H groups in total. The van der Waals surface area contributed by atoms with Crippen LogP contribution in [0.2, 0.25) is 5.22 Å². The highest BCUT2D eigenvalue weighted by Gasteiger charge is 2.28. The van der Waals surface area contributed by atoms with E-state index in [1.165, 1.54) is 12.5 Å². The fraction of sp³-hybridized carbons (Fsp3) is 0.400. The summed E-state index contributed by atoms with van der Waals surface area (Å²) in [4.78, 5) is 21.4. The Morgan fingerprint density at radius 3 is 2.94 bits per heavy atom. The molecule has 33 heavy (non-hydrogen) atoms. The van der Waals surface area contributed by atoms with Crippen LogP contribution in [0, 0.1) is 5.92 Å². The minimum Gasteiger partial charge on any atom is -0.447 e. The predicted octanol–water partition coefficient (Wildman–Crippen LogP) is 2.56. The third-order valence-corrected chi connectivity index (χ3v) is 6.22. The fourth-order valence-electron chi connectivity index (χ4n) is 3.85. The average Bonchev–Trinajstić information content (AvgIpc) is 3.52. The first-order valence-electron chi connectivity index (χ1n) is 10.3. The van der Waals surface area contributed by atoms with Crippen LogP contribution in [0.15, 0.2) is 41.3 Å². The zero-order valence-corrected chi connectivity index (χ0v) is 19.3. The summed E-state index contributed by atoms with van der Waals surface area (Å²) >= 11 is 5.85. The molecule has 4 rings (SSSR count). The zero-order valence-electron chi connectivity index (χ0n) is 17.7. The van der Waals surface area contributed by atoms with Crippen molar-refractivity contribution in [3.05, 3.63) is 59.2 Å². The van der Waals surface area contributed by atoms with Gasteiger partial charge in [0.2, 0.25) is 5.78 Å². The molecule has 1 aliphatic carbocycles. The van der Waals surface area contributed by atoms with Crippen molar-refractivity contribution in [2.75, 3.05) is 11.9 Å². The number of aromatic nitrogens is 4. The molecule has 3 aromatic rings. The van der Waals surface area contributed by atoms with Crippen LogP contribution in [-0.2, 0) is 14.5 Å². The maximum Gasteiger partial charge on any atom is 0.333 e. The van der Waals surface area contributed by atoms with Gasteiger partial charge in [-0.3, -0.25) is 13.7 Å². The third-order valence-electron chi connectivity index (χ3n) is 5.55. The number of nitrogens with one attached hydrogen (secondary N) is 1. The number of hydrogen-bond acceptors (Lipinski definition) is 9. The van der Waals surface area contributed by atoms with E-state index in [0.717, 1.165) is 12.8 Å². The lowest BCUT2D eigenvalue weighted by atomic mass is 10.1. The van der Waals surface area contributed by atoms with Crippen LogP contribution in [0.4, 0.5) is 5.82 Å². The van der Waals surface area contributed by atoms with Crippen molar-refractivity contribution >= 4 is 33.5 Å². The van der Waals surface area contributed by atoms with Gasteiger partial charge in [0, 0.05) is 18.4 Å². The summed E-state index contributed by atoms with van der Waals surface area (Å²) in [5.74, 6) is 0.728. The van der Waals surface area contributed by atoms with Crippen molar-refractivity contribution in [2.45, 2.75) is 38.3 Å². The molecule has 13 heteroatoms. The number of hydrogen-bond donors (Lipinski definition) is 2. The molecule has 3 aromatic heterocycles. The highest BCUT2D eigenvalue weighted by atomic mass is 35.5. The Labute approximate surface area is 195 Å². The van der Waals surface area contributed by atoms with Gasteiger partial charge in [-0.1, -0.05) is 0 Å². The monoisotopic (exact) mass is 494 g/mol. The van der Waals surface area contributed by atoms with Crippen LogP contribution in [-0.4, -0.2) is 46.6 Å². The number of nitrogens with two attached hydrogens (primary N) is 1. The lowest BCUT2D eigenvalue weighted by Crippen LogP contribution is -2.22. The predicted molar refractivity (Wildman–Crippen MR) is 119 cm³/mol. The van der Waals surface area contributed by atoms with Gasteiger partial charge in [0.25, 0.3) is 0 Å². The molecule has 3 atom stereocenters. The topological polar surface area (TPSA) is 155 Å². The Morgan fingerprint density at radius 1 is 1.39 bits per heavy atom. The van der Waals surface area contributed by atoms with Crippen molar-refractivity contribution in [3.8, 4) is 0 Å². The second-order valence-electron chi connectivity index (χ2n) is 7.91. The van der Waals surface area contributed by atoms with Gasteiger partial charge >= 0.3 is 10.3 Å². The van der Waals surface area contributed by atoms with E-state index < -0.39 is 10.3 Å². The Morgan fingerprint density at radius 2 is 2.21 bits per heavy atom. The molecule has 11 nitrogen and oxygen atoms in total. The molecule has 0 saturated heterocycles. The molecule has 0 spiro atoms. The highest BCUT2D eigenvalue weighted by Crippen LogP contribution is 2.29. The van der Waals surface area contributed by atoms with Gasteiger partial charge < -0.3 is 9.73 Å². The summed E-state index contributed by atoms with van der Waals surface area (Å²) < 4.78 is 33.8. The molecule has 3 unspecified atom stereocenters. The Hall–Kier alpha value is -2.80. The van der Waals surface area contributed by atoms with E-state index in [4.69, 9.17) is 25.3 Å². The van der Waals surface area contributed by atoms with Crippen molar-refractivity contribution in [1.29, 1.82) is 0 Å². The van der Waals surface area contributed by atoms with Crippen LogP contribution in [0.5, 0.6) is 0 Å².